The van der Waals surface area contributed by atoms with Crippen molar-refractivity contribution in [2.75, 3.05) is 0 Å². The van der Waals surface area contributed by atoms with Crippen LogP contribution in [0.15, 0.2) is 192 Å². The summed E-state index contributed by atoms with van der Waals surface area (Å²) in [6, 6.07) is 68.5. The third kappa shape index (κ3) is 3.87. The Kier molecular flexibility index (Phi) is 5.91. The van der Waals surface area contributed by atoms with Crippen molar-refractivity contribution in [1.29, 1.82) is 0 Å². The van der Waals surface area contributed by atoms with Crippen LogP contribution in [-0.4, -0.2) is 4.57 Å². The molecule has 238 valence electrons. The highest BCUT2D eigenvalue weighted by Gasteiger charge is 2.47. The maximum absolute atomic E-state index is 6.76. The summed E-state index contributed by atoms with van der Waals surface area (Å²) in [4.78, 5) is 0. The number of hydrogen-bond donors (Lipinski definition) is 0. The predicted molar refractivity (Wildman–Crippen MR) is 211 cm³/mol. The summed E-state index contributed by atoms with van der Waals surface area (Å²) in [6.45, 7) is 0. The topological polar surface area (TPSA) is 18.1 Å². The van der Waals surface area contributed by atoms with Gasteiger partial charge in [0.2, 0.25) is 0 Å². The molecule has 2 heterocycles. The van der Waals surface area contributed by atoms with Crippen molar-refractivity contribution in [2.45, 2.75) is 5.41 Å². The SMILES string of the molecule is c1ccc(-n2c3ccccc3c3cc(-c4ccc5c(c4)C(c4ccccc4)(c4ccccc4)c4ccc6c(oc7ccccc76)c4-5)ccc32)cc1. The number of para-hydroxylation sites is 3. The zero-order valence-corrected chi connectivity index (χ0v) is 27.8. The molecule has 0 amide bonds. The van der Waals surface area contributed by atoms with E-state index in [4.69, 9.17) is 4.42 Å². The summed E-state index contributed by atoms with van der Waals surface area (Å²) >= 11 is 0. The molecule has 51 heavy (non-hydrogen) atoms. The van der Waals surface area contributed by atoms with Crippen molar-refractivity contribution in [2.24, 2.45) is 0 Å². The molecule has 0 aliphatic heterocycles. The van der Waals surface area contributed by atoms with Gasteiger partial charge in [-0.05, 0) is 81.4 Å². The molecule has 0 fully saturated rings. The number of fused-ring (bicyclic) bond motifs is 10. The van der Waals surface area contributed by atoms with Gasteiger partial charge >= 0.3 is 0 Å². The van der Waals surface area contributed by atoms with Gasteiger partial charge in [0.15, 0.2) is 0 Å². The van der Waals surface area contributed by atoms with E-state index in [0.717, 1.165) is 21.9 Å². The molecule has 1 aliphatic rings. The number of hydrogen-bond acceptors (Lipinski definition) is 1. The van der Waals surface area contributed by atoms with Gasteiger partial charge in [-0.15, -0.1) is 0 Å². The Morgan fingerprint density at radius 2 is 1.02 bits per heavy atom. The lowest BCUT2D eigenvalue weighted by molar-refractivity contribution is 0.669. The lowest BCUT2D eigenvalue weighted by Gasteiger charge is -2.34. The molecule has 11 rings (SSSR count). The number of furan rings is 1. The summed E-state index contributed by atoms with van der Waals surface area (Å²) in [6.07, 6.45) is 0. The molecule has 1 aliphatic carbocycles. The van der Waals surface area contributed by atoms with E-state index in [1.165, 1.54) is 72.0 Å². The van der Waals surface area contributed by atoms with Crippen LogP contribution in [0.25, 0.3) is 71.7 Å². The van der Waals surface area contributed by atoms with Crippen LogP contribution in [0.2, 0.25) is 0 Å². The lowest BCUT2D eigenvalue weighted by atomic mass is 9.67. The van der Waals surface area contributed by atoms with Crippen LogP contribution >= 0.6 is 0 Å². The zero-order chi connectivity index (χ0) is 33.5. The van der Waals surface area contributed by atoms with Gasteiger partial charge < -0.3 is 8.98 Å². The Labute approximate surface area is 295 Å². The Bertz CT molecular complexity index is 2910. The van der Waals surface area contributed by atoms with E-state index in [1.54, 1.807) is 0 Å². The molecule has 0 radical (unpaired) electrons. The minimum Gasteiger partial charge on any atom is -0.455 e. The first-order valence-electron chi connectivity index (χ1n) is 17.6. The summed E-state index contributed by atoms with van der Waals surface area (Å²) < 4.78 is 9.13. The smallest absolute Gasteiger partial charge is 0.143 e. The highest BCUT2D eigenvalue weighted by molar-refractivity contribution is 6.13. The first kappa shape index (κ1) is 28.2. The molecule has 2 nitrogen and oxygen atoms in total. The van der Waals surface area contributed by atoms with Gasteiger partial charge in [-0.25, -0.2) is 0 Å². The Hall–Kier alpha value is -6.64. The Morgan fingerprint density at radius 1 is 0.412 bits per heavy atom. The van der Waals surface area contributed by atoms with Crippen molar-refractivity contribution in [3.63, 3.8) is 0 Å². The van der Waals surface area contributed by atoms with Crippen LogP contribution < -0.4 is 0 Å². The maximum atomic E-state index is 6.76. The predicted octanol–water partition coefficient (Wildman–Crippen LogP) is 12.7. The van der Waals surface area contributed by atoms with E-state index in [2.05, 4.69) is 193 Å². The zero-order valence-electron chi connectivity index (χ0n) is 27.8. The molecule has 2 heteroatoms. The van der Waals surface area contributed by atoms with E-state index < -0.39 is 5.41 Å². The second-order valence-corrected chi connectivity index (χ2v) is 13.6. The number of benzene rings is 8. The molecule has 0 spiro atoms. The second kappa shape index (κ2) is 10.7. The van der Waals surface area contributed by atoms with Gasteiger partial charge in [0, 0.05) is 32.8 Å². The van der Waals surface area contributed by atoms with Crippen molar-refractivity contribution in [3.8, 4) is 27.9 Å². The van der Waals surface area contributed by atoms with Gasteiger partial charge in [-0.2, -0.15) is 0 Å². The Balaban J connectivity index is 1.21. The van der Waals surface area contributed by atoms with Crippen molar-refractivity contribution >= 4 is 43.7 Å². The normalized spacial score (nSPS) is 13.3. The van der Waals surface area contributed by atoms with Crippen molar-refractivity contribution < 1.29 is 4.42 Å². The molecule has 0 N–H and O–H groups in total. The summed E-state index contributed by atoms with van der Waals surface area (Å²) in [5, 5.41) is 4.80. The average molecular weight is 650 g/mol. The van der Waals surface area contributed by atoms with Crippen LogP contribution in [0, 0.1) is 0 Å². The quantitative estimate of drug-likeness (QED) is 0.186. The van der Waals surface area contributed by atoms with Crippen molar-refractivity contribution in [3.05, 3.63) is 210 Å². The largest absolute Gasteiger partial charge is 0.455 e. The second-order valence-electron chi connectivity index (χ2n) is 13.6. The number of nitrogens with zero attached hydrogens (tertiary/aromatic N) is 1. The molecule has 8 aromatic carbocycles. The number of aromatic nitrogens is 1. The van der Waals surface area contributed by atoms with Gasteiger partial charge in [-0.3, -0.25) is 0 Å². The lowest BCUT2D eigenvalue weighted by Crippen LogP contribution is -2.28. The van der Waals surface area contributed by atoms with Crippen LogP contribution in [0.4, 0.5) is 0 Å². The van der Waals surface area contributed by atoms with Crippen LogP contribution in [0.3, 0.4) is 0 Å². The molecule has 10 aromatic rings. The van der Waals surface area contributed by atoms with E-state index in [-0.39, 0.29) is 0 Å². The fourth-order valence-corrected chi connectivity index (χ4v) is 8.94. The molecular formula is C49H31NO. The molecule has 0 saturated heterocycles. The molecule has 0 unspecified atom stereocenters. The minimum absolute atomic E-state index is 0.538. The standard InChI is InChI=1S/C49H31NO/c1-4-14-34(15-5-1)49(35-16-6-2-7-17-35)42-28-27-39-38-21-11-13-23-46(38)51-48(39)47(42)40-26-24-33(31-43(40)49)32-25-29-45-41(30-32)37-20-10-12-22-44(37)50(45)36-18-8-3-9-19-36/h1-31H. The van der Waals surface area contributed by atoms with E-state index in [0.29, 0.717) is 0 Å². The highest BCUT2D eigenvalue weighted by Crippen LogP contribution is 2.59. The van der Waals surface area contributed by atoms with E-state index in [9.17, 15) is 0 Å². The van der Waals surface area contributed by atoms with Crippen LogP contribution in [0.1, 0.15) is 22.3 Å². The molecule has 0 atom stereocenters. The van der Waals surface area contributed by atoms with Crippen LogP contribution in [0.5, 0.6) is 0 Å². The van der Waals surface area contributed by atoms with Gasteiger partial charge in [0.25, 0.3) is 0 Å². The van der Waals surface area contributed by atoms with E-state index in [1.807, 2.05) is 0 Å². The summed E-state index contributed by atoms with van der Waals surface area (Å²) in [5.74, 6) is 0. The number of rotatable bonds is 4. The molecule has 0 saturated carbocycles. The third-order valence-corrected chi connectivity index (χ3v) is 11.1. The maximum Gasteiger partial charge on any atom is 0.143 e. The summed E-state index contributed by atoms with van der Waals surface area (Å²) in [5.41, 5.74) is 14.7. The van der Waals surface area contributed by atoms with Gasteiger partial charge in [-0.1, -0.05) is 146 Å². The minimum atomic E-state index is -0.538. The van der Waals surface area contributed by atoms with Crippen LogP contribution in [-0.2, 0) is 5.41 Å². The average Bonchev–Trinajstić information content (AvgIpc) is 3.85. The molecule has 0 bridgehead atoms. The highest BCUT2D eigenvalue weighted by atomic mass is 16.3. The first-order valence-corrected chi connectivity index (χ1v) is 17.6. The third-order valence-electron chi connectivity index (χ3n) is 11.1. The molecular weight excluding hydrogens is 619 g/mol. The fourth-order valence-electron chi connectivity index (χ4n) is 8.94. The summed E-state index contributed by atoms with van der Waals surface area (Å²) in [7, 11) is 0. The van der Waals surface area contributed by atoms with Gasteiger partial charge in [0.05, 0.1) is 16.4 Å². The Morgan fingerprint density at radius 3 is 1.78 bits per heavy atom. The molecule has 2 aromatic heterocycles. The van der Waals surface area contributed by atoms with Crippen molar-refractivity contribution in [1.82, 2.24) is 4.57 Å². The van der Waals surface area contributed by atoms with E-state index >= 15 is 0 Å². The monoisotopic (exact) mass is 649 g/mol. The fraction of sp³-hybridized carbons (Fsp3) is 0.0204. The van der Waals surface area contributed by atoms with Gasteiger partial charge in [0.1, 0.15) is 11.2 Å². The first-order chi connectivity index (χ1) is 25.3.